The van der Waals surface area contributed by atoms with Gasteiger partial charge in [-0.3, -0.25) is 4.79 Å². The molecule has 5 heteroatoms. The van der Waals surface area contributed by atoms with E-state index in [0.717, 1.165) is 10.6 Å². The number of ketones is 1. The zero-order chi connectivity index (χ0) is 9.14. The van der Waals surface area contributed by atoms with Crippen molar-refractivity contribution in [3.8, 4) is 0 Å². The molecule has 0 saturated carbocycles. The third kappa shape index (κ3) is 1.88. The van der Waals surface area contributed by atoms with Crippen LogP contribution in [-0.4, -0.2) is 21.8 Å². The van der Waals surface area contributed by atoms with Crippen molar-refractivity contribution >= 4 is 23.1 Å². The summed E-state index contributed by atoms with van der Waals surface area (Å²) in [5.74, 6) is -2.18. The molecule has 12 heavy (non-hydrogen) atoms. The monoisotopic (exact) mass is 185 g/mol. The van der Waals surface area contributed by atoms with Crippen LogP contribution in [0.15, 0.2) is 5.51 Å². The lowest BCUT2D eigenvalue weighted by molar-refractivity contribution is -0.148. The van der Waals surface area contributed by atoms with E-state index in [9.17, 15) is 9.59 Å². The van der Waals surface area contributed by atoms with E-state index >= 15 is 0 Å². The van der Waals surface area contributed by atoms with Gasteiger partial charge >= 0.3 is 5.97 Å². The van der Waals surface area contributed by atoms with E-state index in [0.29, 0.717) is 0 Å². The Bertz CT molecular complexity index is 318. The number of rotatable bonds is 3. The number of aryl methyl sites for hydroxylation is 1. The van der Waals surface area contributed by atoms with Crippen LogP contribution in [0.1, 0.15) is 10.6 Å². The van der Waals surface area contributed by atoms with Gasteiger partial charge in [-0.25, -0.2) is 9.78 Å². The standard InChI is InChI=1S/C7H7NO3S/c1-4-6(12-3-8-4)2-5(9)7(10)11/h3H,2H2,1H3,(H,10,11). The van der Waals surface area contributed by atoms with E-state index in [2.05, 4.69) is 4.98 Å². The van der Waals surface area contributed by atoms with Gasteiger partial charge in [0.15, 0.2) is 0 Å². The highest BCUT2D eigenvalue weighted by Gasteiger charge is 2.14. The first-order valence-corrected chi connectivity index (χ1v) is 4.14. The highest BCUT2D eigenvalue weighted by Crippen LogP contribution is 2.12. The number of hydrogen-bond donors (Lipinski definition) is 1. The van der Waals surface area contributed by atoms with Gasteiger partial charge in [0.25, 0.3) is 0 Å². The largest absolute Gasteiger partial charge is 0.475 e. The number of thiazole rings is 1. The Kier molecular flexibility index (Phi) is 2.54. The smallest absolute Gasteiger partial charge is 0.372 e. The molecule has 0 fully saturated rings. The molecule has 0 bridgehead atoms. The lowest BCUT2D eigenvalue weighted by atomic mass is 10.2. The minimum Gasteiger partial charge on any atom is -0.475 e. The Morgan fingerprint density at radius 1 is 1.67 bits per heavy atom. The summed E-state index contributed by atoms with van der Waals surface area (Å²) in [7, 11) is 0. The predicted octanol–water partition coefficient (Wildman–Crippen LogP) is 0.648. The van der Waals surface area contributed by atoms with Gasteiger partial charge in [-0.2, -0.15) is 0 Å². The summed E-state index contributed by atoms with van der Waals surface area (Å²) < 4.78 is 0. The van der Waals surface area contributed by atoms with Crippen molar-refractivity contribution in [1.82, 2.24) is 4.98 Å². The molecule has 0 aliphatic rings. The van der Waals surface area contributed by atoms with Crippen LogP contribution in [0.5, 0.6) is 0 Å². The second-order valence-corrected chi connectivity index (χ2v) is 3.21. The molecule has 1 N–H and O–H groups in total. The first-order valence-electron chi connectivity index (χ1n) is 3.26. The molecule has 0 radical (unpaired) electrons. The second kappa shape index (κ2) is 3.44. The molecule has 0 saturated heterocycles. The van der Waals surface area contributed by atoms with Crippen LogP contribution in [-0.2, 0) is 16.0 Å². The maximum absolute atomic E-state index is 10.7. The second-order valence-electron chi connectivity index (χ2n) is 2.27. The minimum absolute atomic E-state index is 0.0498. The van der Waals surface area contributed by atoms with Crippen LogP contribution in [0.2, 0.25) is 0 Å². The van der Waals surface area contributed by atoms with Crippen LogP contribution >= 0.6 is 11.3 Å². The van der Waals surface area contributed by atoms with Crippen LogP contribution in [0.3, 0.4) is 0 Å². The highest BCUT2D eigenvalue weighted by molar-refractivity contribution is 7.09. The number of carbonyl (C=O) groups is 2. The van der Waals surface area contributed by atoms with Gasteiger partial charge in [-0.1, -0.05) is 0 Å². The summed E-state index contributed by atoms with van der Waals surface area (Å²) in [5, 5.41) is 8.31. The molecule has 0 spiro atoms. The van der Waals surface area contributed by atoms with E-state index in [1.807, 2.05) is 0 Å². The fourth-order valence-electron chi connectivity index (χ4n) is 0.717. The molecule has 0 amide bonds. The number of nitrogens with zero attached hydrogens (tertiary/aromatic N) is 1. The molecule has 1 rings (SSSR count). The highest BCUT2D eigenvalue weighted by atomic mass is 32.1. The van der Waals surface area contributed by atoms with Gasteiger partial charge in [-0.05, 0) is 6.92 Å². The van der Waals surface area contributed by atoms with Crippen molar-refractivity contribution in [2.75, 3.05) is 0 Å². The SMILES string of the molecule is Cc1ncsc1CC(=O)C(=O)O. The predicted molar refractivity (Wildman–Crippen MR) is 43.2 cm³/mol. The normalized spacial score (nSPS) is 9.75. The summed E-state index contributed by atoms with van der Waals surface area (Å²) in [6.07, 6.45) is -0.0498. The lowest BCUT2D eigenvalue weighted by Crippen LogP contribution is -2.14. The van der Waals surface area contributed by atoms with Gasteiger partial charge in [0.1, 0.15) is 0 Å². The Hall–Kier alpha value is -1.23. The summed E-state index contributed by atoms with van der Waals surface area (Å²) in [6.45, 7) is 1.75. The topological polar surface area (TPSA) is 67.3 Å². The number of carboxylic acids is 1. The molecule has 1 heterocycles. The number of carbonyl (C=O) groups excluding carboxylic acids is 1. The molecule has 1 aromatic heterocycles. The fraction of sp³-hybridized carbons (Fsp3) is 0.286. The van der Waals surface area contributed by atoms with E-state index < -0.39 is 11.8 Å². The van der Waals surface area contributed by atoms with Gasteiger partial charge in [0.2, 0.25) is 5.78 Å². The lowest BCUT2D eigenvalue weighted by Gasteiger charge is -1.92. The molecule has 4 nitrogen and oxygen atoms in total. The molecule has 0 unspecified atom stereocenters. The van der Waals surface area contributed by atoms with Gasteiger partial charge in [0.05, 0.1) is 17.6 Å². The van der Waals surface area contributed by atoms with Crippen molar-refractivity contribution in [2.24, 2.45) is 0 Å². The maximum Gasteiger partial charge on any atom is 0.372 e. The zero-order valence-corrected chi connectivity index (χ0v) is 7.22. The summed E-state index contributed by atoms with van der Waals surface area (Å²) in [6, 6.07) is 0. The molecular formula is C7H7NO3S. The van der Waals surface area contributed by atoms with Crippen LogP contribution in [0.4, 0.5) is 0 Å². The molecule has 64 valence electrons. The van der Waals surface area contributed by atoms with Gasteiger partial charge < -0.3 is 5.11 Å². The Morgan fingerprint density at radius 2 is 2.33 bits per heavy atom. The number of aromatic nitrogens is 1. The van der Waals surface area contributed by atoms with Crippen molar-refractivity contribution in [3.05, 3.63) is 16.1 Å². The Balaban J connectivity index is 2.71. The summed E-state index contributed by atoms with van der Waals surface area (Å²) in [4.78, 5) is 25.5. The molecule has 0 aliphatic heterocycles. The van der Waals surface area contributed by atoms with E-state index in [4.69, 9.17) is 5.11 Å². The van der Waals surface area contributed by atoms with Gasteiger partial charge in [-0.15, -0.1) is 11.3 Å². The first-order chi connectivity index (χ1) is 5.61. The van der Waals surface area contributed by atoms with Crippen molar-refractivity contribution in [2.45, 2.75) is 13.3 Å². The zero-order valence-electron chi connectivity index (χ0n) is 6.40. The van der Waals surface area contributed by atoms with E-state index in [1.165, 1.54) is 11.3 Å². The summed E-state index contributed by atoms with van der Waals surface area (Å²) in [5.41, 5.74) is 2.33. The van der Waals surface area contributed by atoms with Gasteiger partial charge in [0, 0.05) is 4.88 Å². The Labute approximate surface area is 72.9 Å². The third-order valence-corrected chi connectivity index (χ3v) is 2.34. The van der Waals surface area contributed by atoms with Crippen LogP contribution < -0.4 is 0 Å². The van der Waals surface area contributed by atoms with Crippen molar-refractivity contribution in [3.63, 3.8) is 0 Å². The molecule has 1 aromatic rings. The van der Waals surface area contributed by atoms with Crippen molar-refractivity contribution < 1.29 is 14.7 Å². The number of hydrogen-bond acceptors (Lipinski definition) is 4. The first kappa shape index (κ1) is 8.86. The average molecular weight is 185 g/mol. The Morgan fingerprint density at radius 3 is 2.75 bits per heavy atom. The average Bonchev–Trinajstić information content (AvgIpc) is 2.36. The van der Waals surface area contributed by atoms with Crippen molar-refractivity contribution in [1.29, 1.82) is 0 Å². The number of Topliss-reactive ketones (excluding diaryl/α,β-unsaturated/α-hetero) is 1. The number of carboxylic acid groups (broad SMARTS) is 1. The van der Waals surface area contributed by atoms with E-state index in [1.54, 1.807) is 12.4 Å². The number of aliphatic carboxylic acids is 1. The quantitative estimate of drug-likeness (QED) is 0.702. The molecule has 0 aliphatic carbocycles. The fourth-order valence-corrected chi connectivity index (χ4v) is 1.49. The van der Waals surface area contributed by atoms with E-state index in [-0.39, 0.29) is 6.42 Å². The molecule has 0 atom stereocenters. The minimum atomic E-state index is -1.39. The summed E-state index contributed by atoms with van der Waals surface area (Å²) >= 11 is 1.30. The van der Waals surface area contributed by atoms with Crippen LogP contribution in [0.25, 0.3) is 0 Å². The maximum atomic E-state index is 10.7. The van der Waals surface area contributed by atoms with Crippen LogP contribution in [0, 0.1) is 6.92 Å². The molecular weight excluding hydrogens is 178 g/mol. The molecule has 0 aromatic carbocycles. The third-order valence-electron chi connectivity index (χ3n) is 1.40.